The van der Waals surface area contributed by atoms with Crippen LogP contribution in [0.15, 0.2) is 53.3 Å². The van der Waals surface area contributed by atoms with E-state index >= 15 is 0 Å². The second-order valence-electron chi connectivity index (χ2n) is 8.31. The van der Waals surface area contributed by atoms with Crippen LogP contribution in [0, 0.1) is 0 Å². The van der Waals surface area contributed by atoms with Crippen molar-refractivity contribution in [2.75, 3.05) is 29.9 Å². The highest BCUT2D eigenvalue weighted by molar-refractivity contribution is 5.90. The van der Waals surface area contributed by atoms with Crippen LogP contribution in [-0.2, 0) is 11.2 Å². The summed E-state index contributed by atoms with van der Waals surface area (Å²) in [5, 5.41) is 7.69. The van der Waals surface area contributed by atoms with E-state index in [1.165, 1.54) is 0 Å². The van der Waals surface area contributed by atoms with Gasteiger partial charge in [-0.3, -0.25) is 5.32 Å². The average Bonchev–Trinajstić information content (AvgIpc) is 3.52. The van der Waals surface area contributed by atoms with E-state index < -0.39 is 6.09 Å². The summed E-state index contributed by atoms with van der Waals surface area (Å²) in [6, 6.07) is 12.2. The molecule has 0 unspecified atom stereocenters. The van der Waals surface area contributed by atoms with Crippen molar-refractivity contribution in [2.45, 2.75) is 39.2 Å². The molecule has 1 N–H and O–H groups in total. The fourth-order valence-corrected chi connectivity index (χ4v) is 4.16. The Bertz CT molecular complexity index is 1290. The first-order chi connectivity index (χ1) is 17.1. The highest BCUT2D eigenvalue weighted by Crippen LogP contribution is 2.25. The molecule has 0 atom stereocenters. The van der Waals surface area contributed by atoms with Gasteiger partial charge in [0.25, 0.3) is 0 Å². The van der Waals surface area contributed by atoms with Gasteiger partial charge in [-0.05, 0) is 43.3 Å². The minimum absolute atomic E-state index is 0.116. The molecule has 0 saturated carbocycles. The number of aryl methyl sites for hydroxylation is 1. The Morgan fingerprint density at radius 2 is 2.03 bits per heavy atom. The number of aromatic nitrogens is 4. The molecule has 0 spiro atoms. The molecule has 3 aromatic heterocycles. The van der Waals surface area contributed by atoms with Gasteiger partial charge in [-0.2, -0.15) is 4.98 Å². The number of rotatable bonds is 7. The Balaban J connectivity index is 1.20. The minimum atomic E-state index is -0.463. The maximum atomic E-state index is 11.7. The van der Waals surface area contributed by atoms with Gasteiger partial charge in [0.2, 0.25) is 0 Å². The largest absolute Gasteiger partial charge is 0.489 e. The van der Waals surface area contributed by atoms with Gasteiger partial charge in [0, 0.05) is 49.6 Å². The molecule has 1 saturated heterocycles. The van der Waals surface area contributed by atoms with Gasteiger partial charge in [0.1, 0.15) is 17.7 Å². The number of nitrogens with zero attached hydrogens (tertiary/aromatic N) is 5. The summed E-state index contributed by atoms with van der Waals surface area (Å²) in [5.74, 6) is 2.26. The number of benzene rings is 1. The topological polar surface area (TPSA) is 108 Å². The molecule has 10 nitrogen and oxygen atoms in total. The van der Waals surface area contributed by atoms with Gasteiger partial charge in [-0.15, -0.1) is 0 Å². The number of fused-ring (bicyclic) bond motifs is 1. The van der Waals surface area contributed by atoms with Crippen LogP contribution < -0.4 is 15.0 Å². The number of hydrogen-bond donors (Lipinski definition) is 1. The smallest absolute Gasteiger partial charge is 0.411 e. The summed E-state index contributed by atoms with van der Waals surface area (Å²) >= 11 is 0. The van der Waals surface area contributed by atoms with Gasteiger partial charge in [-0.25, -0.2) is 9.78 Å². The number of anilines is 2. The summed E-state index contributed by atoms with van der Waals surface area (Å²) in [5.41, 5.74) is 1.67. The number of carbonyl (C=O) groups is 1. The normalized spacial score (nSPS) is 14.3. The zero-order chi connectivity index (χ0) is 24.2. The van der Waals surface area contributed by atoms with Gasteiger partial charge < -0.3 is 23.5 Å². The van der Waals surface area contributed by atoms with Crippen LogP contribution in [0.5, 0.6) is 5.75 Å². The molecule has 1 amide bonds. The minimum Gasteiger partial charge on any atom is -0.489 e. The predicted octanol–water partition coefficient (Wildman–Crippen LogP) is 4.59. The van der Waals surface area contributed by atoms with Crippen LogP contribution in [0.1, 0.15) is 32.5 Å². The summed E-state index contributed by atoms with van der Waals surface area (Å²) in [7, 11) is 0. The molecule has 0 radical (unpaired) electrons. The van der Waals surface area contributed by atoms with Crippen LogP contribution in [0.4, 0.5) is 16.5 Å². The third kappa shape index (κ3) is 5.06. The van der Waals surface area contributed by atoms with E-state index in [4.69, 9.17) is 14.0 Å². The molecule has 1 aliphatic heterocycles. The molecule has 1 aliphatic rings. The molecule has 35 heavy (non-hydrogen) atoms. The Morgan fingerprint density at radius 1 is 1.17 bits per heavy atom. The highest BCUT2D eigenvalue weighted by atomic mass is 16.5. The van der Waals surface area contributed by atoms with Crippen LogP contribution in [0.3, 0.4) is 0 Å². The number of carbonyl (C=O) groups excluding carboxylic acids is 1. The number of piperidine rings is 1. The lowest BCUT2D eigenvalue weighted by Crippen LogP contribution is -2.38. The van der Waals surface area contributed by atoms with Crippen molar-refractivity contribution in [3.05, 3.63) is 54.6 Å². The molecule has 1 fully saturated rings. The third-order valence-corrected chi connectivity index (χ3v) is 5.97. The Labute approximate surface area is 202 Å². The Morgan fingerprint density at radius 3 is 2.74 bits per heavy atom. The molecule has 0 bridgehead atoms. The number of amides is 1. The van der Waals surface area contributed by atoms with E-state index in [0.717, 1.165) is 60.6 Å². The van der Waals surface area contributed by atoms with Crippen molar-refractivity contribution in [1.82, 2.24) is 19.7 Å². The molecule has 5 rings (SSSR count). The Kier molecular flexibility index (Phi) is 6.51. The fourth-order valence-electron chi connectivity index (χ4n) is 4.16. The van der Waals surface area contributed by atoms with Crippen molar-refractivity contribution in [1.29, 1.82) is 0 Å². The maximum Gasteiger partial charge on any atom is 0.411 e. The average molecular weight is 477 g/mol. The first-order valence-electron chi connectivity index (χ1n) is 11.9. The van der Waals surface area contributed by atoms with Gasteiger partial charge >= 0.3 is 12.1 Å². The van der Waals surface area contributed by atoms with Crippen molar-refractivity contribution >= 4 is 28.7 Å². The summed E-state index contributed by atoms with van der Waals surface area (Å²) in [4.78, 5) is 22.8. The molecular weight excluding hydrogens is 448 g/mol. The molecule has 182 valence electrons. The first kappa shape index (κ1) is 22.7. The first-order valence-corrected chi connectivity index (χ1v) is 11.9. The van der Waals surface area contributed by atoms with Crippen molar-refractivity contribution in [3.63, 3.8) is 0 Å². The monoisotopic (exact) mass is 476 g/mol. The quantitative estimate of drug-likeness (QED) is 0.413. The lowest BCUT2D eigenvalue weighted by Gasteiger charge is -2.30. The van der Waals surface area contributed by atoms with Gasteiger partial charge in [-0.1, -0.05) is 12.1 Å². The maximum absolute atomic E-state index is 11.7. The van der Waals surface area contributed by atoms with E-state index in [9.17, 15) is 4.79 Å². The SMILES string of the molecule is CCOC(=O)Nc1ccc2c(ccn2-c2ccc(OC3CCN(c4nc(CC)no4)CC3)cn2)c1. The van der Waals surface area contributed by atoms with Crippen molar-refractivity contribution in [3.8, 4) is 11.6 Å². The standard InChI is InChI=1S/C25H28N6O4/c1-3-22-28-24(35-29-22)30-12-10-19(11-13-30)34-20-6-8-23(26-16-20)31-14-9-17-15-18(5-7-21(17)31)27-25(32)33-4-2/h5-9,14-16,19H,3-4,10-13H2,1-2H3,(H,27,32). The lowest BCUT2D eigenvalue weighted by molar-refractivity contribution is 0.167. The van der Waals surface area contributed by atoms with E-state index in [2.05, 4.69) is 25.3 Å². The highest BCUT2D eigenvalue weighted by Gasteiger charge is 2.24. The number of hydrogen-bond acceptors (Lipinski definition) is 8. The second kappa shape index (κ2) is 10.0. The molecule has 0 aliphatic carbocycles. The third-order valence-electron chi connectivity index (χ3n) is 5.97. The van der Waals surface area contributed by atoms with E-state index in [1.54, 1.807) is 13.1 Å². The number of pyridine rings is 1. The molecule has 4 heterocycles. The Hall–Kier alpha value is -4.08. The summed E-state index contributed by atoms with van der Waals surface area (Å²) in [6.07, 6.45) is 5.87. The van der Waals surface area contributed by atoms with Crippen molar-refractivity contribution < 1.29 is 18.8 Å². The summed E-state index contributed by atoms with van der Waals surface area (Å²) in [6.45, 7) is 5.73. The van der Waals surface area contributed by atoms with Crippen LogP contribution >= 0.6 is 0 Å². The molecule has 1 aromatic carbocycles. The van der Waals surface area contributed by atoms with Crippen molar-refractivity contribution in [2.24, 2.45) is 0 Å². The molecular formula is C25H28N6O4. The number of ether oxygens (including phenoxy) is 2. The lowest BCUT2D eigenvalue weighted by atomic mass is 10.1. The molecule has 10 heteroatoms. The van der Waals surface area contributed by atoms with E-state index in [1.807, 2.05) is 54.1 Å². The summed E-state index contributed by atoms with van der Waals surface area (Å²) < 4.78 is 18.5. The van der Waals surface area contributed by atoms with Crippen LogP contribution in [0.25, 0.3) is 16.7 Å². The second-order valence-corrected chi connectivity index (χ2v) is 8.31. The zero-order valence-electron chi connectivity index (χ0n) is 19.8. The van der Waals surface area contributed by atoms with Gasteiger partial charge in [0.15, 0.2) is 5.82 Å². The van der Waals surface area contributed by atoms with E-state index in [0.29, 0.717) is 18.3 Å². The van der Waals surface area contributed by atoms with Crippen LogP contribution in [0.2, 0.25) is 0 Å². The number of nitrogens with one attached hydrogen (secondary N) is 1. The predicted molar refractivity (Wildman–Crippen MR) is 131 cm³/mol. The molecule has 4 aromatic rings. The van der Waals surface area contributed by atoms with Gasteiger partial charge in [0.05, 0.1) is 18.3 Å². The van der Waals surface area contributed by atoms with E-state index in [-0.39, 0.29) is 6.10 Å². The zero-order valence-corrected chi connectivity index (χ0v) is 19.8. The van der Waals surface area contributed by atoms with Crippen LogP contribution in [-0.4, -0.2) is 51.6 Å². The fraction of sp³-hybridized carbons (Fsp3) is 0.360.